The highest BCUT2D eigenvalue weighted by molar-refractivity contribution is 8.04. The minimum Gasteiger partial charge on any atom is -0.346 e. The molecule has 1 N–H and O–H groups in total. The number of para-hydroxylation sites is 1. The number of hydrogen-bond acceptors (Lipinski definition) is 3. The Morgan fingerprint density at radius 3 is 2.61 bits per heavy atom. The lowest BCUT2D eigenvalue weighted by molar-refractivity contribution is -0.118. The van der Waals surface area contributed by atoms with Crippen LogP contribution in [0.5, 0.6) is 0 Å². The molecular weight excluding hydrogens is 368 g/mol. The van der Waals surface area contributed by atoms with Gasteiger partial charge < -0.3 is 10.2 Å². The molecule has 1 aliphatic rings. The number of nitrogens with one attached hydrogen (secondary N) is 1. The minimum atomic E-state index is -0.274. The standard InChI is InChI=1S/C23H20N2O2S/c1-15(17-11-7-9-16-8-3-4-10-18(16)17)24-22(26)14-21-23(27)25(2)19-12-5-6-13-20(19)28-21/h3-15H,1-2H3,(H,24,26). The quantitative estimate of drug-likeness (QED) is 0.664. The second-order valence-electron chi connectivity index (χ2n) is 6.74. The Hall–Kier alpha value is -3.05. The van der Waals surface area contributed by atoms with Crippen LogP contribution in [-0.2, 0) is 9.59 Å². The van der Waals surface area contributed by atoms with Crippen molar-refractivity contribution >= 4 is 40.0 Å². The van der Waals surface area contributed by atoms with Crippen molar-refractivity contribution in [3.8, 4) is 0 Å². The predicted molar refractivity (Wildman–Crippen MR) is 114 cm³/mol. The fourth-order valence-electron chi connectivity index (χ4n) is 3.43. The van der Waals surface area contributed by atoms with Gasteiger partial charge in [-0.1, -0.05) is 66.4 Å². The number of benzene rings is 3. The smallest absolute Gasteiger partial charge is 0.265 e. The molecule has 1 aliphatic heterocycles. The predicted octanol–water partition coefficient (Wildman–Crippen LogP) is 4.67. The molecule has 28 heavy (non-hydrogen) atoms. The maximum absolute atomic E-state index is 12.6. The monoisotopic (exact) mass is 388 g/mol. The number of nitrogens with zero attached hydrogens (tertiary/aromatic N) is 1. The zero-order valence-electron chi connectivity index (χ0n) is 15.7. The zero-order chi connectivity index (χ0) is 19.7. The average Bonchev–Trinajstić information content (AvgIpc) is 2.71. The molecule has 3 aromatic rings. The van der Waals surface area contributed by atoms with E-state index in [2.05, 4.69) is 23.5 Å². The lowest BCUT2D eigenvalue weighted by atomic mass is 10.00. The molecule has 5 heteroatoms. The molecule has 3 aromatic carbocycles. The normalized spacial score (nSPS) is 16.1. The number of rotatable bonds is 3. The molecule has 1 atom stereocenters. The molecule has 140 valence electrons. The SMILES string of the molecule is CC(NC(=O)C=C1Sc2ccccc2N(C)C1=O)c1cccc2ccccc12. The van der Waals surface area contributed by atoms with Gasteiger partial charge in [0.2, 0.25) is 5.91 Å². The van der Waals surface area contributed by atoms with Gasteiger partial charge in [0.05, 0.1) is 16.6 Å². The third kappa shape index (κ3) is 3.41. The molecule has 0 fully saturated rings. The number of anilines is 1. The summed E-state index contributed by atoms with van der Waals surface area (Å²) in [6.45, 7) is 1.95. The molecule has 0 saturated heterocycles. The van der Waals surface area contributed by atoms with Crippen LogP contribution in [0.1, 0.15) is 18.5 Å². The molecule has 0 aromatic heterocycles. The summed E-state index contributed by atoms with van der Waals surface area (Å²) in [5.41, 5.74) is 1.91. The Morgan fingerprint density at radius 2 is 1.75 bits per heavy atom. The van der Waals surface area contributed by atoms with Crippen molar-refractivity contribution in [2.75, 3.05) is 11.9 Å². The Kier molecular flexibility index (Phi) is 4.92. The Balaban J connectivity index is 1.56. The zero-order valence-corrected chi connectivity index (χ0v) is 16.5. The van der Waals surface area contributed by atoms with E-state index < -0.39 is 0 Å². The highest BCUT2D eigenvalue weighted by Crippen LogP contribution is 2.40. The first-order valence-corrected chi connectivity index (χ1v) is 9.91. The van der Waals surface area contributed by atoms with Crippen LogP contribution in [0.3, 0.4) is 0 Å². The molecule has 1 unspecified atom stereocenters. The molecule has 0 aliphatic carbocycles. The van der Waals surface area contributed by atoms with E-state index >= 15 is 0 Å². The summed E-state index contributed by atoms with van der Waals surface area (Å²) < 4.78 is 0. The molecule has 4 rings (SSSR count). The molecular formula is C23H20N2O2S. The number of carbonyl (C=O) groups excluding carboxylic acids is 2. The van der Waals surface area contributed by atoms with Crippen LogP contribution < -0.4 is 10.2 Å². The molecule has 4 nitrogen and oxygen atoms in total. The van der Waals surface area contributed by atoms with E-state index in [1.807, 2.05) is 55.5 Å². The van der Waals surface area contributed by atoms with Gasteiger partial charge in [0.1, 0.15) is 0 Å². The largest absolute Gasteiger partial charge is 0.346 e. The van der Waals surface area contributed by atoms with Gasteiger partial charge in [-0.05, 0) is 35.4 Å². The van der Waals surface area contributed by atoms with E-state index in [1.54, 1.807) is 11.9 Å². The fourth-order valence-corrected chi connectivity index (χ4v) is 4.51. The lowest BCUT2D eigenvalue weighted by Crippen LogP contribution is -2.32. The van der Waals surface area contributed by atoms with E-state index in [0.29, 0.717) is 4.91 Å². The summed E-state index contributed by atoms with van der Waals surface area (Å²) in [6, 6.07) is 21.7. The van der Waals surface area contributed by atoms with Gasteiger partial charge in [-0.2, -0.15) is 0 Å². The van der Waals surface area contributed by atoms with Gasteiger partial charge in [-0.25, -0.2) is 0 Å². The summed E-state index contributed by atoms with van der Waals surface area (Å²) in [7, 11) is 1.73. The van der Waals surface area contributed by atoms with E-state index in [0.717, 1.165) is 26.9 Å². The molecule has 2 amide bonds. The fraction of sp³-hybridized carbons (Fsp3) is 0.130. The third-order valence-electron chi connectivity index (χ3n) is 4.87. The van der Waals surface area contributed by atoms with Gasteiger partial charge in [0.15, 0.2) is 0 Å². The number of fused-ring (bicyclic) bond motifs is 2. The van der Waals surface area contributed by atoms with Gasteiger partial charge in [0, 0.05) is 18.0 Å². The molecule has 0 spiro atoms. The van der Waals surface area contributed by atoms with Crippen LogP contribution in [0.2, 0.25) is 0 Å². The van der Waals surface area contributed by atoms with Crippen molar-refractivity contribution in [1.82, 2.24) is 5.32 Å². The van der Waals surface area contributed by atoms with Crippen molar-refractivity contribution in [2.24, 2.45) is 0 Å². The van der Waals surface area contributed by atoms with Gasteiger partial charge in [0.25, 0.3) is 5.91 Å². The Bertz CT molecular complexity index is 1100. The summed E-state index contributed by atoms with van der Waals surface area (Å²) in [5, 5.41) is 5.24. The van der Waals surface area contributed by atoms with E-state index in [4.69, 9.17) is 0 Å². The van der Waals surface area contributed by atoms with Crippen LogP contribution in [0.4, 0.5) is 5.69 Å². The van der Waals surface area contributed by atoms with Crippen LogP contribution in [0.25, 0.3) is 10.8 Å². The molecule has 1 heterocycles. The lowest BCUT2D eigenvalue weighted by Gasteiger charge is -2.26. The van der Waals surface area contributed by atoms with Gasteiger partial charge >= 0.3 is 0 Å². The number of thioether (sulfide) groups is 1. The summed E-state index contributed by atoms with van der Waals surface area (Å²) in [5.74, 6) is -0.444. The maximum atomic E-state index is 12.6. The van der Waals surface area contributed by atoms with Crippen molar-refractivity contribution in [3.63, 3.8) is 0 Å². The van der Waals surface area contributed by atoms with Crippen molar-refractivity contribution in [3.05, 3.63) is 83.3 Å². The summed E-state index contributed by atoms with van der Waals surface area (Å²) in [6.07, 6.45) is 1.40. The van der Waals surface area contributed by atoms with Crippen LogP contribution >= 0.6 is 11.8 Å². The Morgan fingerprint density at radius 1 is 1.04 bits per heavy atom. The van der Waals surface area contributed by atoms with E-state index in [1.165, 1.54) is 17.8 Å². The van der Waals surface area contributed by atoms with Crippen LogP contribution in [0.15, 0.2) is 82.6 Å². The highest BCUT2D eigenvalue weighted by atomic mass is 32.2. The third-order valence-corrected chi connectivity index (χ3v) is 5.95. The van der Waals surface area contributed by atoms with Crippen molar-refractivity contribution in [1.29, 1.82) is 0 Å². The van der Waals surface area contributed by atoms with Crippen LogP contribution in [-0.4, -0.2) is 18.9 Å². The first-order valence-electron chi connectivity index (χ1n) is 9.09. The first-order chi connectivity index (χ1) is 13.5. The molecule has 0 radical (unpaired) electrons. The number of carbonyl (C=O) groups is 2. The van der Waals surface area contributed by atoms with E-state index in [-0.39, 0.29) is 17.9 Å². The Labute approximate surface area is 168 Å². The first kappa shape index (κ1) is 18.3. The van der Waals surface area contributed by atoms with E-state index in [9.17, 15) is 9.59 Å². The second-order valence-corrected chi connectivity index (χ2v) is 7.82. The minimum absolute atomic E-state index is 0.170. The van der Waals surface area contributed by atoms with Gasteiger partial charge in [-0.3, -0.25) is 9.59 Å². The second kappa shape index (κ2) is 7.52. The topological polar surface area (TPSA) is 49.4 Å². The highest BCUT2D eigenvalue weighted by Gasteiger charge is 2.27. The molecule has 0 bridgehead atoms. The summed E-state index contributed by atoms with van der Waals surface area (Å²) >= 11 is 1.33. The number of amides is 2. The average molecular weight is 388 g/mol. The maximum Gasteiger partial charge on any atom is 0.265 e. The van der Waals surface area contributed by atoms with Crippen molar-refractivity contribution < 1.29 is 9.59 Å². The number of hydrogen-bond donors (Lipinski definition) is 1. The van der Waals surface area contributed by atoms with Crippen LogP contribution in [0, 0.1) is 0 Å². The van der Waals surface area contributed by atoms with Gasteiger partial charge in [-0.15, -0.1) is 0 Å². The number of likely N-dealkylation sites (N-methyl/N-ethyl adjacent to an activating group) is 1. The molecule has 0 saturated carbocycles. The summed E-state index contributed by atoms with van der Waals surface area (Å²) in [4.78, 5) is 28.2. The van der Waals surface area contributed by atoms with Crippen molar-refractivity contribution in [2.45, 2.75) is 17.9 Å².